The predicted octanol–water partition coefficient (Wildman–Crippen LogP) is 6.73. The Balaban J connectivity index is 1.86. The van der Waals surface area contributed by atoms with Crippen LogP contribution in [0.1, 0.15) is 93.9 Å². The minimum absolute atomic E-state index is 0.0291. The van der Waals surface area contributed by atoms with Crippen molar-refractivity contribution in [2.45, 2.75) is 116 Å². The summed E-state index contributed by atoms with van der Waals surface area (Å²) in [6.07, 6.45) is 7.41. The monoisotopic (exact) mass is 452 g/mol. The fourth-order valence-corrected chi connectivity index (χ4v) is 13.8. The van der Waals surface area contributed by atoms with Gasteiger partial charge in [0.05, 0.1) is 13.2 Å². The number of fused-ring (bicyclic) bond motifs is 2. The van der Waals surface area contributed by atoms with Gasteiger partial charge in [0.2, 0.25) is 0 Å². The highest BCUT2D eigenvalue weighted by molar-refractivity contribution is 6.77. The molecule has 1 aliphatic heterocycles. The van der Waals surface area contributed by atoms with Crippen molar-refractivity contribution in [1.82, 2.24) is 0 Å². The molecule has 2 saturated carbocycles. The largest absolute Gasteiger partial charge is 0.416 e. The molecule has 0 aromatic rings. The third-order valence-electron chi connectivity index (χ3n) is 9.87. The van der Waals surface area contributed by atoms with E-state index in [1.807, 2.05) is 0 Å². The van der Waals surface area contributed by atoms with E-state index in [1.165, 1.54) is 6.29 Å². The zero-order valence-electron chi connectivity index (χ0n) is 21.5. The second kappa shape index (κ2) is 9.19. The third-order valence-corrected chi connectivity index (χ3v) is 16.0. The number of aldehydes is 1. The normalized spacial score (nSPS) is 35.8. The lowest BCUT2D eigenvalue weighted by Gasteiger charge is -2.62. The lowest BCUT2D eigenvalue weighted by Crippen LogP contribution is -2.62. The van der Waals surface area contributed by atoms with Crippen LogP contribution < -0.4 is 0 Å². The number of carbonyl (C=O) groups is 1. The van der Waals surface area contributed by atoms with E-state index in [4.69, 9.17) is 13.9 Å². The summed E-state index contributed by atoms with van der Waals surface area (Å²) in [4.78, 5) is 12.3. The summed E-state index contributed by atoms with van der Waals surface area (Å²) >= 11 is 0. The Hall–Kier alpha value is -0.233. The molecule has 5 heteroatoms. The molecule has 4 atom stereocenters. The summed E-state index contributed by atoms with van der Waals surface area (Å²) in [6, 6.07) is 0. The molecule has 3 aliphatic rings. The maximum atomic E-state index is 12.3. The molecule has 31 heavy (non-hydrogen) atoms. The van der Waals surface area contributed by atoms with E-state index >= 15 is 0 Å². The fraction of sp³-hybridized carbons (Fsp3) is 0.962. The van der Waals surface area contributed by atoms with E-state index in [2.05, 4.69) is 55.4 Å². The zero-order chi connectivity index (χ0) is 23.1. The molecule has 0 aromatic carbocycles. The van der Waals surface area contributed by atoms with E-state index in [0.29, 0.717) is 35.8 Å². The molecule has 3 rings (SSSR count). The summed E-state index contributed by atoms with van der Waals surface area (Å²) in [5.41, 5.74) is 1.65. The topological polar surface area (TPSA) is 44.8 Å². The van der Waals surface area contributed by atoms with Crippen LogP contribution in [0, 0.1) is 22.7 Å². The van der Waals surface area contributed by atoms with Gasteiger partial charge in [0.1, 0.15) is 6.29 Å². The van der Waals surface area contributed by atoms with Gasteiger partial charge in [-0.1, -0.05) is 55.4 Å². The maximum absolute atomic E-state index is 12.3. The lowest BCUT2D eigenvalue weighted by molar-refractivity contribution is -0.296. The molecule has 1 heterocycles. The van der Waals surface area contributed by atoms with Gasteiger partial charge in [0, 0.05) is 24.4 Å². The smallest absolute Gasteiger partial charge is 0.200 e. The van der Waals surface area contributed by atoms with Gasteiger partial charge in [-0.3, -0.25) is 0 Å². The Bertz CT molecular complexity index is 605. The van der Waals surface area contributed by atoms with E-state index in [-0.39, 0.29) is 16.7 Å². The highest BCUT2D eigenvalue weighted by Gasteiger charge is 2.65. The standard InChI is InChI=1S/C26H48O4Si/c1-19(2)31(20(3)4,21(5)6)30-15-14-24(7)22(18-27)11-13-25(8)23(24)10-9-12-26(25)28-16-17-29-26/h18-23H,9-17H2,1-8H3/t22-,23+,24-,25+/m0/s1. The number of ether oxygens (including phenoxy) is 2. The first-order chi connectivity index (χ1) is 14.5. The Morgan fingerprint density at radius 3 is 2.06 bits per heavy atom. The van der Waals surface area contributed by atoms with Crippen LogP contribution in [0.3, 0.4) is 0 Å². The van der Waals surface area contributed by atoms with Crippen molar-refractivity contribution < 1.29 is 18.7 Å². The SMILES string of the molecule is CC(C)[Si](OCC[C@@]1(C)[C@H](C=O)CC[C@]2(C)[C@@H]1CCCC21OCCO1)(C(C)C)C(C)C. The molecular weight excluding hydrogens is 404 g/mol. The number of hydrogen-bond acceptors (Lipinski definition) is 4. The first-order valence-electron chi connectivity index (χ1n) is 12.9. The summed E-state index contributed by atoms with van der Waals surface area (Å²) in [5.74, 6) is 0.0737. The Morgan fingerprint density at radius 2 is 1.55 bits per heavy atom. The minimum atomic E-state index is -1.91. The van der Waals surface area contributed by atoms with E-state index in [0.717, 1.165) is 45.1 Å². The van der Waals surface area contributed by atoms with Crippen molar-refractivity contribution in [3.63, 3.8) is 0 Å². The van der Waals surface area contributed by atoms with Crippen LogP contribution in [0.2, 0.25) is 16.6 Å². The highest BCUT2D eigenvalue weighted by Crippen LogP contribution is 2.65. The third kappa shape index (κ3) is 3.89. The van der Waals surface area contributed by atoms with E-state index in [9.17, 15) is 4.79 Å². The molecule has 0 N–H and O–H groups in total. The first kappa shape index (κ1) is 25.4. The maximum Gasteiger partial charge on any atom is 0.200 e. The molecule has 0 bridgehead atoms. The molecule has 0 aromatic heterocycles. The van der Waals surface area contributed by atoms with Crippen molar-refractivity contribution in [1.29, 1.82) is 0 Å². The molecule has 4 nitrogen and oxygen atoms in total. The second-order valence-electron chi connectivity index (χ2n) is 12.0. The van der Waals surface area contributed by atoms with Crippen LogP contribution in [-0.2, 0) is 18.7 Å². The number of rotatable bonds is 8. The molecule has 3 fully saturated rings. The van der Waals surface area contributed by atoms with Gasteiger partial charge in [-0.25, -0.2) is 0 Å². The summed E-state index contributed by atoms with van der Waals surface area (Å²) in [7, 11) is -1.91. The Labute approximate surface area is 192 Å². The van der Waals surface area contributed by atoms with Crippen LogP contribution in [0.4, 0.5) is 0 Å². The summed E-state index contributed by atoms with van der Waals surface area (Å²) in [5, 5.41) is 0. The Kier molecular flexibility index (Phi) is 7.53. The summed E-state index contributed by atoms with van der Waals surface area (Å²) in [6.45, 7) is 21.0. The van der Waals surface area contributed by atoms with Crippen LogP contribution in [0.15, 0.2) is 0 Å². The molecular formula is C26H48O4Si. The Morgan fingerprint density at radius 1 is 0.968 bits per heavy atom. The lowest BCUT2D eigenvalue weighted by atomic mass is 9.45. The van der Waals surface area contributed by atoms with Crippen LogP contribution in [0.5, 0.6) is 0 Å². The average Bonchev–Trinajstić information content (AvgIpc) is 3.16. The predicted molar refractivity (Wildman–Crippen MR) is 129 cm³/mol. The molecule has 1 spiro atoms. The van der Waals surface area contributed by atoms with Gasteiger partial charge in [0.15, 0.2) is 14.1 Å². The van der Waals surface area contributed by atoms with Gasteiger partial charge in [-0.15, -0.1) is 0 Å². The van der Waals surface area contributed by atoms with Crippen molar-refractivity contribution in [2.24, 2.45) is 22.7 Å². The molecule has 180 valence electrons. The van der Waals surface area contributed by atoms with Crippen molar-refractivity contribution in [3.8, 4) is 0 Å². The van der Waals surface area contributed by atoms with Gasteiger partial charge in [-0.05, 0) is 60.1 Å². The van der Waals surface area contributed by atoms with Crippen LogP contribution in [0.25, 0.3) is 0 Å². The molecule has 0 unspecified atom stereocenters. The number of carbonyl (C=O) groups excluding carboxylic acids is 1. The molecule has 2 aliphatic carbocycles. The highest BCUT2D eigenvalue weighted by atomic mass is 28.4. The second-order valence-corrected chi connectivity index (χ2v) is 17.5. The van der Waals surface area contributed by atoms with Gasteiger partial charge < -0.3 is 18.7 Å². The minimum Gasteiger partial charge on any atom is -0.416 e. The van der Waals surface area contributed by atoms with Crippen molar-refractivity contribution >= 4 is 14.6 Å². The van der Waals surface area contributed by atoms with Crippen molar-refractivity contribution in [2.75, 3.05) is 19.8 Å². The van der Waals surface area contributed by atoms with Crippen molar-refractivity contribution in [3.05, 3.63) is 0 Å². The van der Waals surface area contributed by atoms with Gasteiger partial charge >= 0.3 is 0 Å². The van der Waals surface area contributed by atoms with Gasteiger partial charge in [-0.2, -0.15) is 0 Å². The van der Waals surface area contributed by atoms with Crippen LogP contribution in [-0.4, -0.2) is 40.2 Å². The fourth-order valence-electron chi connectivity index (χ4n) is 8.33. The van der Waals surface area contributed by atoms with Gasteiger partial charge in [0.25, 0.3) is 0 Å². The zero-order valence-corrected chi connectivity index (χ0v) is 22.5. The van der Waals surface area contributed by atoms with E-state index < -0.39 is 14.1 Å². The quantitative estimate of drug-likeness (QED) is 0.302. The number of hydrogen-bond donors (Lipinski definition) is 0. The van der Waals surface area contributed by atoms with Crippen LogP contribution >= 0.6 is 0 Å². The first-order valence-corrected chi connectivity index (χ1v) is 15.0. The summed E-state index contributed by atoms with van der Waals surface area (Å²) < 4.78 is 19.6. The molecule has 0 amide bonds. The average molecular weight is 453 g/mol. The molecule has 0 radical (unpaired) electrons. The molecule has 1 saturated heterocycles. The van der Waals surface area contributed by atoms with E-state index in [1.54, 1.807) is 0 Å².